The Balaban J connectivity index is 2.77. The number of nitrogens with two attached hydrogens (primary N) is 1. The molecule has 0 bridgehead atoms. The van der Waals surface area contributed by atoms with Gasteiger partial charge in [0.15, 0.2) is 0 Å². The molecule has 0 spiro atoms. The number of hydrazone groups is 1. The van der Waals surface area contributed by atoms with E-state index in [1.807, 2.05) is 0 Å². The Kier molecular flexibility index (Phi) is 1.27. The molecule has 0 saturated carbocycles. The van der Waals surface area contributed by atoms with Crippen molar-refractivity contribution in [3.8, 4) is 0 Å². The summed E-state index contributed by atoms with van der Waals surface area (Å²) in [5.74, 6) is 4.84. The molecule has 0 amide bonds. The molecule has 1 aromatic rings. The van der Waals surface area contributed by atoms with E-state index >= 15 is 0 Å². The van der Waals surface area contributed by atoms with Gasteiger partial charge in [0.25, 0.3) is 0 Å². The lowest BCUT2D eigenvalue weighted by Crippen LogP contribution is -1.84. The number of H-pyrrole nitrogens is 1. The summed E-state index contributed by atoms with van der Waals surface area (Å²) in [7, 11) is 0. The van der Waals surface area contributed by atoms with Crippen molar-refractivity contribution in [2.45, 2.75) is 0 Å². The summed E-state index contributed by atoms with van der Waals surface area (Å²) >= 11 is 0. The van der Waals surface area contributed by atoms with Crippen molar-refractivity contribution in [3.05, 3.63) is 18.2 Å². The highest BCUT2D eigenvalue weighted by molar-refractivity contribution is 5.75. The molecule has 42 valence electrons. The Bertz CT molecular complexity index is 164. The first kappa shape index (κ1) is 4.83. The molecular formula is C4H6N4. The number of hydrogen-bond donors (Lipinski definition) is 2. The first-order chi connectivity index (χ1) is 3.93. The third kappa shape index (κ3) is 0.841. The molecule has 0 aliphatic heterocycles. The van der Waals surface area contributed by atoms with Gasteiger partial charge in [0.1, 0.15) is 0 Å². The van der Waals surface area contributed by atoms with Crippen LogP contribution in [0.5, 0.6) is 0 Å². The van der Waals surface area contributed by atoms with Crippen LogP contribution in [0.1, 0.15) is 5.69 Å². The minimum atomic E-state index is 0.813. The first-order valence-electron chi connectivity index (χ1n) is 2.15. The molecule has 0 saturated heterocycles. The van der Waals surface area contributed by atoms with Crippen LogP contribution in [-0.4, -0.2) is 16.2 Å². The van der Waals surface area contributed by atoms with Crippen LogP contribution in [0.4, 0.5) is 0 Å². The Morgan fingerprint density at radius 1 is 1.88 bits per heavy atom. The molecule has 0 fully saturated rings. The number of imidazole rings is 1. The second kappa shape index (κ2) is 2.11. The van der Waals surface area contributed by atoms with Crippen molar-refractivity contribution in [1.82, 2.24) is 9.97 Å². The Morgan fingerprint density at radius 3 is 3.25 bits per heavy atom. The average Bonchev–Trinajstić information content (AvgIpc) is 2.19. The number of nitrogens with zero attached hydrogens (tertiary/aromatic N) is 2. The quantitative estimate of drug-likeness (QED) is 0.296. The Morgan fingerprint density at radius 2 is 2.75 bits per heavy atom. The zero-order valence-electron chi connectivity index (χ0n) is 4.20. The number of aromatic nitrogens is 2. The number of rotatable bonds is 1. The van der Waals surface area contributed by atoms with Gasteiger partial charge in [-0.2, -0.15) is 5.10 Å². The standard InChI is InChI=1S/C4H6N4/c5-8-2-4-1-6-3-7-4/h1-3H,5H2,(H,6,7). The van der Waals surface area contributed by atoms with E-state index in [1.54, 1.807) is 12.5 Å². The molecule has 4 nitrogen and oxygen atoms in total. The van der Waals surface area contributed by atoms with Crippen LogP contribution in [0.15, 0.2) is 17.6 Å². The van der Waals surface area contributed by atoms with E-state index in [-0.39, 0.29) is 0 Å². The normalized spacial score (nSPS) is 10.5. The fourth-order valence-corrected chi connectivity index (χ4v) is 0.418. The maximum atomic E-state index is 4.84. The SMILES string of the molecule is NN=Cc1cnc[nH]1. The summed E-state index contributed by atoms with van der Waals surface area (Å²) in [5, 5.41) is 3.28. The Labute approximate surface area is 46.4 Å². The predicted octanol–water partition coefficient (Wildman–Crippen LogP) is -0.298. The predicted molar refractivity (Wildman–Crippen MR) is 30.4 cm³/mol. The van der Waals surface area contributed by atoms with Crippen molar-refractivity contribution in [1.29, 1.82) is 0 Å². The van der Waals surface area contributed by atoms with E-state index in [2.05, 4.69) is 15.1 Å². The lowest BCUT2D eigenvalue weighted by atomic mass is 10.5. The molecule has 1 rings (SSSR count). The van der Waals surface area contributed by atoms with Crippen molar-refractivity contribution >= 4 is 6.21 Å². The van der Waals surface area contributed by atoms with Gasteiger partial charge in [-0.25, -0.2) is 4.98 Å². The van der Waals surface area contributed by atoms with Crippen molar-refractivity contribution in [2.75, 3.05) is 0 Å². The third-order valence-electron chi connectivity index (χ3n) is 0.733. The molecule has 1 heterocycles. The molecule has 3 N–H and O–H groups in total. The van der Waals surface area contributed by atoms with Gasteiger partial charge >= 0.3 is 0 Å². The molecule has 1 aromatic heterocycles. The number of aromatic amines is 1. The molecule has 0 aromatic carbocycles. The van der Waals surface area contributed by atoms with Crippen molar-refractivity contribution in [3.63, 3.8) is 0 Å². The molecule has 0 unspecified atom stereocenters. The van der Waals surface area contributed by atoms with Gasteiger partial charge in [-0.15, -0.1) is 0 Å². The van der Waals surface area contributed by atoms with Gasteiger partial charge in [0, 0.05) is 0 Å². The van der Waals surface area contributed by atoms with E-state index in [0.717, 1.165) is 5.69 Å². The van der Waals surface area contributed by atoms with E-state index in [0.29, 0.717) is 0 Å². The first-order valence-corrected chi connectivity index (χ1v) is 2.15. The van der Waals surface area contributed by atoms with Gasteiger partial charge in [-0.1, -0.05) is 0 Å². The lowest BCUT2D eigenvalue weighted by Gasteiger charge is -1.75. The summed E-state index contributed by atoms with van der Waals surface area (Å²) < 4.78 is 0. The summed E-state index contributed by atoms with van der Waals surface area (Å²) in [6.07, 6.45) is 4.69. The fourth-order valence-electron chi connectivity index (χ4n) is 0.418. The third-order valence-corrected chi connectivity index (χ3v) is 0.733. The second-order valence-corrected chi connectivity index (χ2v) is 1.29. The topological polar surface area (TPSA) is 67.1 Å². The molecule has 0 radical (unpaired) electrons. The molecule has 4 heteroatoms. The van der Waals surface area contributed by atoms with Gasteiger partial charge in [0.05, 0.1) is 24.4 Å². The van der Waals surface area contributed by atoms with Crippen molar-refractivity contribution in [2.24, 2.45) is 10.9 Å². The Hall–Kier alpha value is -1.32. The maximum absolute atomic E-state index is 4.84. The van der Waals surface area contributed by atoms with Crippen LogP contribution >= 0.6 is 0 Å². The molecule has 8 heavy (non-hydrogen) atoms. The molecule has 0 aliphatic rings. The van der Waals surface area contributed by atoms with Gasteiger partial charge < -0.3 is 10.8 Å². The smallest absolute Gasteiger partial charge is 0.0924 e. The van der Waals surface area contributed by atoms with E-state index in [1.165, 1.54) is 6.21 Å². The minimum absolute atomic E-state index is 0.813. The van der Waals surface area contributed by atoms with E-state index in [4.69, 9.17) is 5.84 Å². The zero-order valence-corrected chi connectivity index (χ0v) is 4.20. The average molecular weight is 110 g/mol. The summed E-state index contributed by atoms with van der Waals surface area (Å²) in [5.41, 5.74) is 0.813. The highest BCUT2D eigenvalue weighted by atomic mass is 15.1. The zero-order chi connectivity index (χ0) is 5.82. The lowest BCUT2D eigenvalue weighted by molar-refractivity contribution is 1.25. The van der Waals surface area contributed by atoms with E-state index in [9.17, 15) is 0 Å². The van der Waals surface area contributed by atoms with Crippen LogP contribution in [0.2, 0.25) is 0 Å². The second-order valence-electron chi connectivity index (χ2n) is 1.29. The highest BCUT2D eigenvalue weighted by Gasteiger charge is 1.81. The molecule has 0 atom stereocenters. The highest BCUT2D eigenvalue weighted by Crippen LogP contribution is 1.81. The largest absolute Gasteiger partial charge is 0.344 e. The number of hydrogen-bond acceptors (Lipinski definition) is 3. The summed E-state index contributed by atoms with van der Waals surface area (Å²) in [4.78, 5) is 6.54. The maximum Gasteiger partial charge on any atom is 0.0924 e. The van der Waals surface area contributed by atoms with Gasteiger partial charge in [0.2, 0.25) is 0 Å². The summed E-state index contributed by atoms with van der Waals surface area (Å²) in [6.45, 7) is 0. The summed E-state index contributed by atoms with van der Waals surface area (Å²) in [6, 6.07) is 0. The van der Waals surface area contributed by atoms with Gasteiger partial charge in [-0.05, 0) is 0 Å². The molecule has 0 aliphatic carbocycles. The minimum Gasteiger partial charge on any atom is -0.344 e. The van der Waals surface area contributed by atoms with E-state index < -0.39 is 0 Å². The van der Waals surface area contributed by atoms with Crippen molar-refractivity contribution < 1.29 is 0 Å². The van der Waals surface area contributed by atoms with Gasteiger partial charge in [-0.3, -0.25) is 0 Å². The molecular weight excluding hydrogens is 104 g/mol. The fraction of sp³-hybridized carbons (Fsp3) is 0. The monoisotopic (exact) mass is 110 g/mol. The van der Waals surface area contributed by atoms with Crippen LogP contribution in [0.3, 0.4) is 0 Å². The number of nitrogens with one attached hydrogen (secondary N) is 1. The van der Waals surface area contributed by atoms with Crippen LogP contribution in [0.25, 0.3) is 0 Å². The van der Waals surface area contributed by atoms with Crippen LogP contribution < -0.4 is 5.84 Å². The van der Waals surface area contributed by atoms with Crippen LogP contribution in [0, 0.1) is 0 Å². The van der Waals surface area contributed by atoms with Crippen LogP contribution in [-0.2, 0) is 0 Å².